The molecular weight excluding hydrogens is 166 g/mol. The number of rotatable bonds is 1. The fourth-order valence-corrected chi connectivity index (χ4v) is 1.56. The minimum absolute atomic E-state index is 0.154. The van der Waals surface area contributed by atoms with Gasteiger partial charge >= 0.3 is 6.03 Å². The van der Waals surface area contributed by atoms with Gasteiger partial charge in [0.05, 0.1) is 0 Å². The number of urea groups is 1. The highest BCUT2D eigenvalue weighted by Gasteiger charge is 2.30. The smallest absolute Gasteiger partial charge is 0.334 e. The Morgan fingerprint density at radius 2 is 2.23 bits per heavy atom. The van der Waals surface area contributed by atoms with E-state index < -0.39 is 0 Å². The lowest BCUT2D eigenvalue weighted by atomic mass is 9.90. The highest BCUT2D eigenvalue weighted by molar-refractivity contribution is 5.92. The Balaban J connectivity index is 2.56. The first kappa shape index (κ1) is 10.0. The highest BCUT2D eigenvalue weighted by atomic mass is 16.2. The Morgan fingerprint density at radius 1 is 1.54 bits per heavy atom. The zero-order chi connectivity index (χ0) is 9.90. The van der Waals surface area contributed by atoms with Gasteiger partial charge in [0.15, 0.2) is 0 Å². The van der Waals surface area contributed by atoms with E-state index in [2.05, 4.69) is 29.7 Å². The monoisotopic (exact) mass is 183 g/mol. The van der Waals surface area contributed by atoms with Crippen LogP contribution in [0.3, 0.4) is 0 Å². The summed E-state index contributed by atoms with van der Waals surface area (Å²) in [5.41, 5.74) is 3.72. The molecule has 1 aliphatic carbocycles. The van der Waals surface area contributed by atoms with E-state index in [4.69, 9.17) is 0 Å². The van der Waals surface area contributed by atoms with Crippen LogP contribution < -0.4 is 10.7 Å². The zero-order valence-corrected chi connectivity index (χ0v) is 8.48. The lowest BCUT2D eigenvalue weighted by Gasteiger charge is -2.17. The maximum absolute atomic E-state index is 10.9. The first-order valence-electron chi connectivity index (χ1n) is 4.61. The molecule has 1 fully saturated rings. The molecule has 4 nitrogen and oxygen atoms in total. The second-order valence-electron chi connectivity index (χ2n) is 3.99. The van der Waals surface area contributed by atoms with Crippen LogP contribution in [0, 0.1) is 5.41 Å². The van der Waals surface area contributed by atoms with Crippen molar-refractivity contribution >= 4 is 11.7 Å². The molecule has 0 aromatic heterocycles. The molecule has 2 amide bonds. The minimum Gasteiger partial charge on any atom is -0.340 e. The van der Waals surface area contributed by atoms with Crippen molar-refractivity contribution in [2.75, 3.05) is 7.05 Å². The molecule has 13 heavy (non-hydrogen) atoms. The highest BCUT2D eigenvalue weighted by Crippen LogP contribution is 2.34. The van der Waals surface area contributed by atoms with Crippen molar-refractivity contribution in [1.82, 2.24) is 10.7 Å². The van der Waals surface area contributed by atoms with E-state index in [-0.39, 0.29) is 11.4 Å². The molecule has 0 spiro atoms. The Bertz CT molecular complexity index is 233. The molecule has 0 bridgehead atoms. The van der Waals surface area contributed by atoms with E-state index in [1.807, 2.05) is 0 Å². The van der Waals surface area contributed by atoms with Crippen molar-refractivity contribution in [3.63, 3.8) is 0 Å². The standard InChI is InChI=1S/C9H17N3O/c1-9(2)6-4-5-7(9)11-12-8(13)10-3/h4-6H2,1-3H3,(H2,10,12,13)/b11-7-. The summed E-state index contributed by atoms with van der Waals surface area (Å²) in [6, 6.07) is -0.254. The third kappa shape index (κ3) is 2.44. The van der Waals surface area contributed by atoms with Crippen LogP contribution >= 0.6 is 0 Å². The van der Waals surface area contributed by atoms with Crippen LogP contribution in [0.2, 0.25) is 0 Å². The molecule has 0 radical (unpaired) electrons. The fourth-order valence-electron chi connectivity index (χ4n) is 1.56. The van der Waals surface area contributed by atoms with E-state index >= 15 is 0 Å². The summed E-state index contributed by atoms with van der Waals surface area (Å²) in [5, 5.41) is 6.56. The second-order valence-corrected chi connectivity index (χ2v) is 3.99. The molecule has 0 heterocycles. The average Bonchev–Trinajstić information content (AvgIpc) is 2.41. The SMILES string of the molecule is CNC(=O)N/N=C1/CCCC1(C)C. The van der Waals surface area contributed by atoms with Gasteiger partial charge in [0.1, 0.15) is 0 Å². The summed E-state index contributed by atoms with van der Waals surface area (Å²) in [6.45, 7) is 4.31. The quantitative estimate of drug-likeness (QED) is 0.594. The zero-order valence-electron chi connectivity index (χ0n) is 8.48. The van der Waals surface area contributed by atoms with E-state index in [9.17, 15) is 4.79 Å². The van der Waals surface area contributed by atoms with Crippen LogP contribution in [-0.2, 0) is 0 Å². The summed E-state index contributed by atoms with van der Waals surface area (Å²) in [4.78, 5) is 10.9. The molecular formula is C9H17N3O. The Labute approximate surface area is 78.8 Å². The molecule has 1 aliphatic rings. The second kappa shape index (κ2) is 3.77. The largest absolute Gasteiger partial charge is 0.340 e. The number of hydrazone groups is 1. The predicted molar refractivity (Wildman–Crippen MR) is 52.7 cm³/mol. The van der Waals surface area contributed by atoms with Gasteiger partial charge in [-0.1, -0.05) is 13.8 Å². The Kier molecular flexibility index (Phi) is 2.90. The molecule has 2 N–H and O–H groups in total. The van der Waals surface area contributed by atoms with Crippen molar-refractivity contribution in [2.24, 2.45) is 10.5 Å². The van der Waals surface area contributed by atoms with Gasteiger partial charge in [0.25, 0.3) is 0 Å². The van der Waals surface area contributed by atoms with Crippen LogP contribution in [-0.4, -0.2) is 18.8 Å². The molecule has 74 valence electrons. The van der Waals surface area contributed by atoms with Crippen LogP contribution in [0.4, 0.5) is 4.79 Å². The topological polar surface area (TPSA) is 53.5 Å². The van der Waals surface area contributed by atoms with Crippen LogP contribution in [0.1, 0.15) is 33.1 Å². The van der Waals surface area contributed by atoms with E-state index in [1.54, 1.807) is 7.05 Å². The number of carbonyl (C=O) groups excluding carboxylic acids is 1. The van der Waals surface area contributed by atoms with Gasteiger partial charge in [-0.2, -0.15) is 5.10 Å². The van der Waals surface area contributed by atoms with Crippen LogP contribution in [0.15, 0.2) is 5.10 Å². The van der Waals surface area contributed by atoms with Crippen molar-refractivity contribution in [3.05, 3.63) is 0 Å². The third-order valence-corrected chi connectivity index (χ3v) is 2.52. The predicted octanol–water partition coefficient (Wildman–Crippen LogP) is 1.48. The summed E-state index contributed by atoms with van der Waals surface area (Å²) in [6.07, 6.45) is 3.32. The van der Waals surface area contributed by atoms with Gasteiger partial charge < -0.3 is 5.32 Å². The maximum Gasteiger partial charge on any atom is 0.334 e. The summed E-state index contributed by atoms with van der Waals surface area (Å²) >= 11 is 0. The molecule has 0 unspecified atom stereocenters. The summed E-state index contributed by atoms with van der Waals surface area (Å²) < 4.78 is 0. The molecule has 1 saturated carbocycles. The van der Waals surface area contributed by atoms with Crippen molar-refractivity contribution in [3.8, 4) is 0 Å². The number of nitrogens with one attached hydrogen (secondary N) is 2. The number of amides is 2. The minimum atomic E-state index is -0.254. The lowest BCUT2D eigenvalue weighted by molar-refractivity contribution is 0.243. The fraction of sp³-hybridized carbons (Fsp3) is 0.778. The molecule has 0 aromatic rings. The van der Waals surface area contributed by atoms with Crippen molar-refractivity contribution < 1.29 is 4.79 Å². The number of carbonyl (C=O) groups is 1. The first-order valence-corrected chi connectivity index (χ1v) is 4.61. The van der Waals surface area contributed by atoms with Gasteiger partial charge in [-0.15, -0.1) is 0 Å². The Hall–Kier alpha value is -1.06. The summed E-state index contributed by atoms with van der Waals surface area (Å²) in [7, 11) is 1.58. The number of hydrogen-bond donors (Lipinski definition) is 2. The van der Waals surface area contributed by atoms with Crippen LogP contribution in [0.25, 0.3) is 0 Å². The normalized spacial score (nSPS) is 23.2. The van der Waals surface area contributed by atoms with E-state index in [0.717, 1.165) is 18.6 Å². The average molecular weight is 183 g/mol. The van der Waals surface area contributed by atoms with Gasteiger partial charge in [0.2, 0.25) is 0 Å². The van der Waals surface area contributed by atoms with Gasteiger partial charge in [0, 0.05) is 18.2 Å². The van der Waals surface area contributed by atoms with Gasteiger partial charge in [-0.05, 0) is 19.3 Å². The number of nitrogens with zero attached hydrogens (tertiary/aromatic N) is 1. The molecule has 0 aromatic carbocycles. The first-order chi connectivity index (χ1) is 6.06. The molecule has 0 atom stereocenters. The molecule has 0 aliphatic heterocycles. The lowest BCUT2D eigenvalue weighted by Crippen LogP contribution is -2.31. The Morgan fingerprint density at radius 3 is 2.69 bits per heavy atom. The van der Waals surface area contributed by atoms with Gasteiger partial charge in [-0.3, -0.25) is 0 Å². The molecule has 1 rings (SSSR count). The number of hydrogen-bond acceptors (Lipinski definition) is 2. The van der Waals surface area contributed by atoms with Gasteiger partial charge in [-0.25, -0.2) is 10.2 Å². The van der Waals surface area contributed by atoms with Crippen LogP contribution in [0.5, 0.6) is 0 Å². The maximum atomic E-state index is 10.9. The van der Waals surface area contributed by atoms with E-state index in [0.29, 0.717) is 0 Å². The van der Waals surface area contributed by atoms with Crippen molar-refractivity contribution in [1.29, 1.82) is 0 Å². The van der Waals surface area contributed by atoms with Crippen molar-refractivity contribution in [2.45, 2.75) is 33.1 Å². The van der Waals surface area contributed by atoms with E-state index in [1.165, 1.54) is 6.42 Å². The molecule has 0 saturated heterocycles. The molecule has 4 heteroatoms. The summed E-state index contributed by atoms with van der Waals surface area (Å²) in [5.74, 6) is 0. The third-order valence-electron chi connectivity index (χ3n) is 2.52.